The molecule has 0 aliphatic carbocycles. The molecule has 110 valence electrons. The lowest BCUT2D eigenvalue weighted by Gasteiger charge is -2.21. The fraction of sp³-hybridized carbons (Fsp3) is 0.533. The van der Waals surface area contributed by atoms with Gasteiger partial charge in [0.2, 0.25) is 0 Å². The van der Waals surface area contributed by atoms with Gasteiger partial charge in [-0.05, 0) is 45.0 Å². The second-order valence-electron chi connectivity index (χ2n) is 5.29. The van der Waals surface area contributed by atoms with Gasteiger partial charge in [-0.3, -0.25) is 4.79 Å². The van der Waals surface area contributed by atoms with E-state index >= 15 is 0 Å². The van der Waals surface area contributed by atoms with Crippen LogP contribution < -0.4 is 10.6 Å². The number of carbonyl (C=O) groups excluding carboxylic acids is 1. The highest BCUT2D eigenvalue weighted by Gasteiger charge is 2.19. The molecule has 1 heterocycles. The van der Waals surface area contributed by atoms with Gasteiger partial charge in [-0.25, -0.2) is 4.39 Å². The van der Waals surface area contributed by atoms with Crippen molar-refractivity contribution in [3.05, 3.63) is 29.6 Å². The van der Waals surface area contributed by atoms with E-state index in [2.05, 4.69) is 15.5 Å². The number of anilines is 1. The van der Waals surface area contributed by atoms with E-state index in [0.29, 0.717) is 5.56 Å². The number of likely N-dealkylation sites (tertiary alicyclic amines) is 1. The van der Waals surface area contributed by atoms with Crippen molar-refractivity contribution in [2.75, 3.05) is 32.0 Å². The van der Waals surface area contributed by atoms with E-state index in [1.807, 2.05) is 6.92 Å². The third kappa shape index (κ3) is 3.48. The van der Waals surface area contributed by atoms with Crippen LogP contribution in [0.5, 0.6) is 0 Å². The summed E-state index contributed by atoms with van der Waals surface area (Å²) >= 11 is 0. The van der Waals surface area contributed by atoms with Crippen molar-refractivity contribution in [1.82, 2.24) is 10.2 Å². The normalized spacial score (nSPS) is 16.9. The van der Waals surface area contributed by atoms with Crippen molar-refractivity contribution in [3.8, 4) is 0 Å². The minimum atomic E-state index is -0.410. The van der Waals surface area contributed by atoms with E-state index in [-0.39, 0.29) is 17.6 Å². The molecule has 1 amide bonds. The third-order valence-corrected chi connectivity index (χ3v) is 3.62. The minimum absolute atomic E-state index is 0.0496. The molecule has 1 unspecified atom stereocenters. The van der Waals surface area contributed by atoms with E-state index in [1.165, 1.54) is 18.9 Å². The smallest absolute Gasteiger partial charge is 0.253 e. The zero-order valence-electron chi connectivity index (χ0n) is 12.1. The number of amides is 1. The van der Waals surface area contributed by atoms with Crippen LogP contribution in [0.15, 0.2) is 18.2 Å². The number of hydrogen-bond acceptors (Lipinski definition) is 3. The van der Waals surface area contributed by atoms with Crippen LogP contribution in [0, 0.1) is 5.82 Å². The summed E-state index contributed by atoms with van der Waals surface area (Å²) in [6.45, 7) is 5.02. The highest BCUT2D eigenvalue weighted by molar-refractivity contribution is 5.99. The molecule has 2 rings (SSSR count). The third-order valence-electron chi connectivity index (χ3n) is 3.62. The second kappa shape index (κ2) is 6.70. The van der Waals surface area contributed by atoms with Crippen LogP contribution in [0.25, 0.3) is 0 Å². The Bertz CT molecular complexity index is 472. The summed E-state index contributed by atoms with van der Waals surface area (Å²) in [4.78, 5) is 14.6. The van der Waals surface area contributed by atoms with Crippen molar-refractivity contribution in [2.45, 2.75) is 25.8 Å². The van der Waals surface area contributed by atoms with E-state index in [4.69, 9.17) is 0 Å². The maximum absolute atomic E-state index is 13.6. The number of para-hydroxylation sites is 1. The standard InChI is InChI=1S/C15H22FN3O/c1-11(10-19-8-3-4-9-19)18-15(20)12-6-5-7-13(16)14(12)17-2/h5-7,11,17H,3-4,8-10H2,1-2H3,(H,18,20). The van der Waals surface area contributed by atoms with E-state index in [1.54, 1.807) is 19.2 Å². The van der Waals surface area contributed by atoms with Crippen LogP contribution >= 0.6 is 0 Å². The van der Waals surface area contributed by atoms with Gasteiger partial charge in [0.1, 0.15) is 5.82 Å². The van der Waals surface area contributed by atoms with Crippen LogP contribution in [-0.4, -0.2) is 43.5 Å². The molecule has 2 N–H and O–H groups in total. The number of nitrogens with one attached hydrogen (secondary N) is 2. The molecule has 0 saturated carbocycles. The van der Waals surface area contributed by atoms with Crippen molar-refractivity contribution >= 4 is 11.6 Å². The Balaban J connectivity index is 1.98. The Kier molecular flexibility index (Phi) is 4.95. The first-order chi connectivity index (χ1) is 9.61. The molecule has 4 nitrogen and oxygen atoms in total. The van der Waals surface area contributed by atoms with Crippen molar-refractivity contribution in [2.24, 2.45) is 0 Å². The Morgan fingerprint density at radius 1 is 1.40 bits per heavy atom. The summed E-state index contributed by atoms with van der Waals surface area (Å²) in [6, 6.07) is 4.58. The van der Waals surface area contributed by atoms with Crippen molar-refractivity contribution in [1.29, 1.82) is 0 Å². The predicted octanol–water partition coefficient (Wildman–Crippen LogP) is 2.08. The van der Waals surface area contributed by atoms with Crippen LogP contribution in [-0.2, 0) is 0 Å². The largest absolute Gasteiger partial charge is 0.385 e. The topological polar surface area (TPSA) is 44.4 Å². The monoisotopic (exact) mass is 279 g/mol. The molecule has 1 aromatic rings. The number of nitrogens with zero attached hydrogens (tertiary/aromatic N) is 1. The highest BCUT2D eigenvalue weighted by atomic mass is 19.1. The molecule has 1 fully saturated rings. The Morgan fingerprint density at radius 2 is 2.10 bits per heavy atom. The summed E-state index contributed by atoms with van der Waals surface area (Å²) in [7, 11) is 1.61. The van der Waals surface area contributed by atoms with Gasteiger partial charge in [0.05, 0.1) is 11.3 Å². The number of benzene rings is 1. The molecule has 0 bridgehead atoms. The molecule has 1 aliphatic rings. The Hall–Kier alpha value is -1.62. The fourth-order valence-corrected chi connectivity index (χ4v) is 2.67. The summed E-state index contributed by atoms with van der Waals surface area (Å²) < 4.78 is 13.6. The number of carbonyl (C=O) groups is 1. The molecule has 1 saturated heterocycles. The molecular weight excluding hydrogens is 257 g/mol. The zero-order valence-corrected chi connectivity index (χ0v) is 12.1. The van der Waals surface area contributed by atoms with Gasteiger partial charge in [0.25, 0.3) is 5.91 Å². The van der Waals surface area contributed by atoms with Crippen LogP contribution in [0.4, 0.5) is 10.1 Å². The fourth-order valence-electron chi connectivity index (χ4n) is 2.67. The molecule has 20 heavy (non-hydrogen) atoms. The molecule has 0 aromatic heterocycles. The summed E-state index contributed by atoms with van der Waals surface area (Å²) in [5.41, 5.74) is 0.596. The van der Waals surface area contributed by atoms with Gasteiger partial charge in [0.15, 0.2) is 0 Å². The summed E-state index contributed by atoms with van der Waals surface area (Å²) in [5.74, 6) is -0.645. The van der Waals surface area contributed by atoms with Gasteiger partial charge in [-0.15, -0.1) is 0 Å². The second-order valence-corrected chi connectivity index (χ2v) is 5.29. The number of halogens is 1. The lowest BCUT2D eigenvalue weighted by molar-refractivity contribution is 0.0932. The van der Waals surface area contributed by atoms with Crippen molar-refractivity contribution < 1.29 is 9.18 Å². The van der Waals surface area contributed by atoms with Crippen LogP contribution in [0.3, 0.4) is 0 Å². The van der Waals surface area contributed by atoms with E-state index < -0.39 is 5.82 Å². The average molecular weight is 279 g/mol. The first-order valence-electron chi connectivity index (χ1n) is 7.11. The van der Waals surface area contributed by atoms with Crippen LogP contribution in [0.1, 0.15) is 30.1 Å². The maximum Gasteiger partial charge on any atom is 0.253 e. The SMILES string of the molecule is CNc1c(F)cccc1C(=O)NC(C)CN1CCCC1. The van der Waals surface area contributed by atoms with Gasteiger partial charge in [-0.1, -0.05) is 6.07 Å². The minimum Gasteiger partial charge on any atom is -0.385 e. The van der Waals surface area contributed by atoms with E-state index in [0.717, 1.165) is 19.6 Å². The molecule has 5 heteroatoms. The van der Waals surface area contributed by atoms with Gasteiger partial charge < -0.3 is 15.5 Å². The van der Waals surface area contributed by atoms with Crippen LogP contribution in [0.2, 0.25) is 0 Å². The molecule has 0 spiro atoms. The first-order valence-corrected chi connectivity index (χ1v) is 7.11. The molecule has 1 aromatic carbocycles. The molecule has 1 atom stereocenters. The lowest BCUT2D eigenvalue weighted by atomic mass is 10.1. The molecular formula is C15H22FN3O. The van der Waals surface area contributed by atoms with Crippen molar-refractivity contribution in [3.63, 3.8) is 0 Å². The Labute approximate surface area is 119 Å². The highest BCUT2D eigenvalue weighted by Crippen LogP contribution is 2.19. The van der Waals surface area contributed by atoms with Gasteiger partial charge in [-0.2, -0.15) is 0 Å². The maximum atomic E-state index is 13.6. The summed E-state index contributed by atoms with van der Waals surface area (Å²) in [5, 5.41) is 5.68. The average Bonchev–Trinajstić information content (AvgIpc) is 2.90. The summed E-state index contributed by atoms with van der Waals surface area (Å²) in [6.07, 6.45) is 2.46. The zero-order chi connectivity index (χ0) is 14.5. The first kappa shape index (κ1) is 14.8. The molecule has 1 aliphatic heterocycles. The molecule has 0 radical (unpaired) electrons. The number of rotatable bonds is 5. The lowest BCUT2D eigenvalue weighted by Crippen LogP contribution is -2.41. The van der Waals surface area contributed by atoms with E-state index in [9.17, 15) is 9.18 Å². The van der Waals surface area contributed by atoms with Gasteiger partial charge >= 0.3 is 0 Å². The number of hydrogen-bond donors (Lipinski definition) is 2. The van der Waals surface area contributed by atoms with Gasteiger partial charge in [0, 0.05) is 19.6 Å². The predicted molar refractivity (Wildman–Crippen MR) is 78.5 cm³/mol. The quantitative estimate of drug-likeness (QED) is 0.867. The Morgan fingerprint density at radius 3 is 2.75 bits per heavy atom.